The minimum atomic E-state index is -0.941. The third-order valence-electron chi connectivity index (χ3n) is 3.57. The Bertz CT molecular complexity index is 921. The van der Waals surface area contributed by atoms with Crippen LogP contribution in [0.4, 0.5) is 26.6 Å². The van der Waals surface area contributed by atoms with Gasteiger partial charge in [-0.25, -0.2) is 19.2 Å². The fraction of sp³-hybridized carbons (Fsp3) is 0.111. The molecule has 3 aromatic rings. The van der Waals surface area contributed by atoms with E-state index in [4.69, 9.17) is 10.5 Å². The summed E-state index contributed by atoms with van der Waals surface area (Å²) in [6, 6.07) is 8.99. The molecule has 1 amide bonds. The number of aromatic nitrogens is 3. The number of anilines is 3. The van der Waals surface area contributed by atoms with E-state index >= 15 is 0 Å². The molecule has 0 unspecified atom stereocenters. The summed E-state index contributed by atoms with van der Waals surface area (Å²) in [4.78, 5) is 23.6. The minimum Gasteiger partial charge on any atom is -0.410 e. The molecule has 0 aliphatic heterocycles. The number of carbonyl (C=O) groups excluding carboxylic acids is 1. The summed E-state index contributed by atoms with van der Waals surface area (Å²) >= 11 is 0. The lowest BCUT2D eigenvalue weighted by molar-refractivity contribution is 0.211. The summed E-state index contributed by atoms with van der Waals surface area (Å²) < 4.78 is 18.1. The van der Waals surface area contributed by atoms with Gasteiger partial charge < -0.3 is 21.1 Å². The van der Waals surface area contributed by atoms with Crippen LogP contribution in [-0.2, 0) is 0 Å². The van der Waals surface area contributed by atoms with Crippen LogP contribution in [0.2, 0.25) is 0 Å². The molecule has 2 heterocycles. The van der Waals surface area contributed by atoms with Crippen molar-refractivity contribution >= 4 is 23.5 Å². The van der Waals surface area contributed by atoms with Gasteiger partial charge in [0.1, 0.15) is 29.0 Å². The number of pyridine rings is 1. The Morgan fingerprint density at radius 3 is 2.56 bits per heavy atom. The monoisotopic (exact) mass is 368 g/mol. The molecule has 27 heavy (non-hydrogen) atoms. The summed E-state index contributed by atoms with van der Waals surface area (Å²) in [5, 5.41) is 6.15. The molecule has 0 fully saturated rings. The molecule has 0 spiro atoms. The van der Waals surface area contributed by atoms with E-state index in [2.05, 4.69) is 25.6 Å². The maximum absolute atomic E-state index is 13.1. The molecule has 9 heteroatoms. The molecule has 2 aromatic heterocycles. The SMILES string of the molecule is C[C@H](Nc1cc(OC(N)=O)cc(Nc2cnccn2)n1)c1ccc(F)cc1. The molecule has 1 atom stereocenters. The van der Waals surface area contributed by atoms with Crippen LogP contribution in [0, 0.1) is 5.82 Å². The number of hydrogen-bond donors (Lipinski definition) is 3. The highest BCUT2D eigenvalue weighted by molar-refractivity contribution is 5.69. The highest BCUT2D eigenvalue weighted by atomic mass is 19.1. The van der Waals surface area contributed by atoms with E-state index in [0.717, 1.165) is 5.56 Å². The van der Waals surface area contributed by atoms with E-state index in [1.165, 1.54) is 36.7 Å². The standard InChI is InChI=1S/C18H17FN6O2/c1-11(12-2-4-13(19)5-3-12)23-15-8-14(27-18(20)26)9-16(24-15)25-17-10-21-6-7-22-17/h2-11H,1H3,(H2,20,26)(H2,22,23,24,25)/t11-/m0/s1. The number of nitrogens with one attached hydrogen (secondary N) is 2. The Labute approximate surface area is 154 Å². The van der Waals surface area contributed by atoms with Gasteiger partial charge in [0.05, 0.1) is 6.20 Å². The van der Waals surface area contributed by atoms with Crippen LogP contribution < -0.4 is 21.1 Å². The summed E-state index contributed by atoms with van der Waals surface area (Å²) in [6.45, 7) is 1.90. The van der Waals surface area contributed by atoms with Crippen molar-refractivity contribution in [3.8, 4) is 5.75 Å². The van der Waals surface area contributed by atoms with E-state index in [1.54, 1.807) is 18.3 Å². The van der Waals surface area contributed by atoms with E-state index in [9.17, 15) is 9.18 Å². The number of carbonyl (C=O) groups is 1. The van der Waals surface area contributed by atoms with Gasteiger partial charge in [0.2, 0.25) is 0 Å². The van der Waals surface area contributed by atoms with Gasteiger partial charge >= 0.3 is 6.09 Å². The molecular formula is C18H17FN6O2. The van der Waals surface area contributed by atoms with Crippen LogP contribution >= 0.6 is 0 Å². The molecule has 0 bridgehead atoms. The second-order valence-electron chi connectivity index (χ2n) is 5.63. The van der Waals surface area contributed by atoms with Crippen molar-refractivity contribution in [1.29, 1.82) is 0 Å². The molecule has 0 saturated carbocycles. The largest absolute Gasteiger partial charge is 0.410 e. The zero-order valence-corrected chi connectivity index (χ0v) is 14.4. The number of ether oxygens (including phenoxy) is 1. The summed E-state index contributed by atoms with van der Waals surface area (Å²) in [5.74, 6) is 1.17. The van der Waals surface area contributed by atoms with Crippen molar-refractivity contribution in [2.75, 3.05) is 10.6 Å². The molecule has 3 rings (SSSR count). The normalized spacial score (nSPS) is 11.5. The molecule has 0 aliphatic rings. The van der Waals surface area contributed by atoms with Crippen molar-refractivity contribution in [3.63, 3.8) is 0 Å². The van der Waals surface area contributed by atoms with Gasteiger partial charge in [-0.3, -0.25) is 4.98 Å². The number of nitrogens with zero attached hydrogens (tertiary/aromatic N) is 3. The van der Waals surface area contributed by atoms with E-state index in [0.29, 0.717) is 17.5 Å². The van der Waals surface area contributed by atoms with Crippen LogP contribution in [0.15, 0.2) is 55.0 Å². The third-order valence-corrected chi connectivity index (χ3v) is 3.57. The number of rotatable bonds is 6. The summed E-state index contributed by atoms with van der Waals surface area (Å²) in [7, 11) is 0. The van der Waals surface area contributed by atoms with Crippen LogP contribution in [0.1, 0.15) is 18.5 Å². The fourth-order valence-electron chi connectivity index (χ4n) is 2.37. The lowest BCUT2D eigenvalue weighted by Gasteiger charge is -2.17. The molecule has 0 aliphatic carbocycles. The first-order chi connectivity index (χ1) is 13.0. The Kier molecular flexibility index (Phi) is 5.41. The third kappa shape index (κ3) is 5.11. The van der Waals surface area contributed by atoms with Crippen LogP contribution in [-0.4, -0.2) is 21.0 Å². The molecule has 0 radical (unpaired) electrons. The van der Waals surface area contributed by atoms with E-state index in [-0.39, 0.29) is 17.6 Å². The van der Waals surface area contributed by atoms with Crippen molar-refractivity contribution < 1.29 is 13.9 Å². The van der Waals surface area contributed by atoms with Gasteiger partial charge in [0, 0.05) is 30.6 Å². The van der Waals surface area contributed by atoms with Gasteiger partial charge in [-0.1, -0.05) is 12.1 Å². The summed E-state index contributed by atoms with van der Waals surface area (Å²) in [6.07, 6.45) is 3.66. The van der Waals surface area contributed by atoms with Gasteiger partial charge in [0.25, 0.3) is 0 Å². The molecule has 0 saturated heterocycles. The van der Waals surface area contributed by atoms with Crippen molar-refractivity contribution in [3.05, 3.63) is 66.4 Å². The predicted octanol–water partition coefficient (Wildman–Crippen LogP) is 3.38. The number of primary amides is 1. The maximum atomic E-state index is 13.1. The van der Waals surface area contributed by atoms with Gasteiger partial charge in [0.15, 0.2) is 0 Å². The van der Waals surface area contributed by atoms with Crippen LogP contribution in [0.3, 0.4) is 0 Å². The number of nitrogens with two attached hydrogens (primary N) is 1. The first kappa shape index (κ1) is 18.1. The van der Waals surface area contributed by atoms with Crippen LogP contribution in [0.25, 0.3) is 0 Å². The molecule has 4 N–H and O–H groups in total. The van der Waals surface area contributed by atoms with Crippen molar-refractivity contribution in [2.24, 2.45) is 5.73 Å². The Morgan fingerprint density at radius 2 is 1.89 bits per heavy atom. The molecular weight excluding hydrogens is 351 g/mol. The fourth-order valence-corrected chi connectivity index (χ4v) is 2.37. The minimum absolute atomic E-state index is 0.175. The zero-order chi connectivity index (χ0) is 19.2. The van der Waals surface area contributed by atoms with Crippen LogP contribution in [0.5, 0.6) is 5.75 Å². The van der Waals surface area contributed by atoms with Gasteiger partial charge in [-0.15, -0.1) is 0 Å². The second-order valence-corrected chi connectivity index (χ2v) is 5.63. The Hall–Kier alpha value is -3.75. The lowest BCUT2D eigenvalue weighted by Crippen LogP contribution is -2.17. The average molecular weight is 368 g/mol. The van der Waals surface area contributed by atoms with E-state index < -0.39 is 6.09 Å². The molecule has 1 aromatic carbocycles. The number of amides is 1. The van der Waals surface area contributed by atoms with Crippen molar-refractivity contribution in [2.45, 2.75) is 13.0 Å². The first-order valence-corrected chi connectivity index (χ1v) is 8.04. The zero-order valence-electron chi connectivity index (χ0n) is 14.4. The second kappa shape index (κ2) is 8.09. The quantitative estimate of drug-likeness (QED) is 0.611. The summed E-state index contributed by atoms with van der Waals surface area (Å²) in [5.41, 5.74) is 5.97. The Balaban J connectivity index is 1.85. The molecule has 138 valence electrons. The highest BCUT2D eigenvalue weighted by Gasteiger charge is 2.11. The Morgan fingerprint density at radius 1 is 1.15 bits per heavy atom. The topological polar surface area (TPSA) is 115 Å². The smallest absolute Gasteiger partial charge is 0.409 e. The predicted molar refractivity (Wildman–Crippen MR) is 98.2 cm³/mol. The number of hydrogen-bond acceptors (Lipinski definition) is 7. The van der Waals surface area contributed by atoms with Crippen molar-refractivity contribution in [1.82, 2.24) is 15.0 Å². The van der Waals surface area contributed by atoms with Gasteiger partial charge in [-0.05, 0) is 24.6 Å². The molecule has 8 nitrogen and oxygen atoms in total. The number of halogens is 1. The highest BCUT2D eigenvalue weighted by Crippen LogP contribution is 2.26. The average Bonchev–Trinajstić information content (AvgIpc) is 2.62. The maximum Gasteiger partial charge on any atom is 0.409 e. The van der Waals surface area contributed by atoms with E-state index in [1.807, 2.05) is 6.92 Å². The lowest BCUT2D eigenvalue weighted by atomic mass is 10.1. The number of benzene rings is 1. The van der Waals surface area contributed by atoms with Gasteiger partial charge in [-0.2, -0.15) is 0 Å². The first-order valence-electron chi connectivity index (χ1n) is 8.04.